The van der Waals surface area contributed by atoms with Crippen molar-refractivity contribution in [3.05, 3.63) is 23.8 Å². The number of rotatable bonds is 4. The van der Waals surface area contributed by atoms with Crippen LogP contribution in [0, 0.1) is 0 Å². The Morgan fingerprint density at radius 1 is 1.57 bits per heavy atom. The molecule has 6 heteroatoms. The minimum absolute atomic E-state index is 0.377. The third-order valence-electron chi connectivity index (χ3n) is 1.74. The van der Waals surface area contributed by atoms with E-state index in [4.69, 9.17) is 9.79 Å². The number of phosphoric acid groups is 1. The molecule has 0 aromatic heterocycles. The van der Waals surface area contributed by atoms with Crippen LogP contribution >= 0.6 is 7.82 Å². The summed E-state index contributed by atoms with van der Waals surface area (Å²) in [6, 6.07) is 0. The molecule has 0 bridgehead atoms. The molecule has 1 aliphatic rings. The summed E-state index contributed by atoms with van der Waals surface area (Å²) in [5.41, 5.74) is 0.543. The Morgan fingerprint density at radius 2 is 2.29 bits per heavy atom. The lowest BCUT2D eigenvalue weighted by atomic mass is 10.0. The van der Waals surface area contributed by atoms with Gasteiger partial charge in [0.05, 0.1) is 0 Å². The van der Waals surface area contributed by atoms with Gasteiger partial charge in [0.15, 0.2) is 5.78 Å². The molecule has 0 aliphatic heterocycles. The summed E-state index contributed by atoms with van der Waals surface area (Å²) in [4.78, 5) is 28.0. The van der Waals surface area contributed by atoms with Crippen molar-refractivity contribution in [3.63, 3.8) is 0 Å². The predicted molar refractivity (Wildman–Crippen MR) is 49.5 cm³/mol. The third-order valence-corrected chi connectivity index (χ3v) is 2.20. The van der Waals surface area contributed by atoms with Gasteiger partial charge in [-0.05, 0) is 18.4 Å². The van der Waals surface area contributed by atoms with Crippen molar-refractivity contribution < 1.29 is 23.7 Å². The monoisotopic (exact) mass is 218 g/mol. The molecule has 0 fully saturated rings. The smallest absolute Gasteiger partial charge is 0.303 e. The first kappa shape index (κ1) is 11.3. The highest BCUT2D eigenvalue weighted by molar-refractivity contribution is 7.46. The summed E-state index contributed by atoms with van der Waals surface area (Å²) in [6.07, 6.45) is 6.66. The van der Waals surface area contributed by atoms with Crippen LogP contribution in [-0.2, 0) is 13.9 Å². The normalized spacial score (nSPS) is 16.6. The highest BCUT2D eigenvalue weighted by atomic mass is 31.2. The van der Waals surface area contributed by atoms with Crippen LogP contribution < -0.4 is 0 Å². The van der Waals surface area contributed by atoms with Crippen molar-refractivity contribution in [2.45, 2.75) is 12.8 Å². The zero-order valence-corrected chi connectivity index (χ0v) is 8.31. The minimum atomic E-state index is -4.54. The highest BCUT2D eigenvalue weighted by Crippen LogP contribution is 2.35. The maximum Gasteiger partial charge on any atom is 0.470 e. The fraction of sp³-hybridized carbons (Fsp3) is 0.375. The highest BCUT2D eigenvalue weighted by Gasteiger charge is 2.18. The van der Waals surface area contributed by atoms with Gasteiger partial charge in [0, 0.05) is 0 Å². The zero-order valence-electron chi connectivity index (χ0n) is 7.42. The zero-order chi connectivity index (χ0) is 10.6. The Morgan fingerprint density at radius 3 is 2.79 bits per heavy atom. The fourth-order valence-electron chi connectivity index (χ4n) is 1.07. The van der Waals surface area contributed by atoms with Gasteiger partial charge in [-0.15, -0.1) is 0 Å². The van der Waals surface area contributed by atoms with Gasteiger partial charge in [-0.1, -0.05) is 18.2 Å². The molecule has 0 atom stereocenters. The quantitative estimate of drug-likeness (QED) is 0.686. The van der Waals surface area contributed by atoms with Crippen LogP contribution in [0.2, 0.25) is 0 Å². The maximum atomic E-state index is 11.3. The standard InChI is InChI=1S/C8H11O5P/c9-8(6-13-14(10,11)12)7-4-2-1-3-5-7/h1-2,4H,3,5-6H2,(H2,10,11,12). The molecule has 0 saturated carbocycles. The molecule has 0 saturated heterocycles. The first-order chi connectivity index (χ1) is 6.49. The van der Waals surface area contributed by atoms with E-state index in [0.29, 0.717) is 12.0 Å². The second-order valence-electron chi connectivity index (χ2n) is 2.85. The van der Waals surface area contributed by atoms with Gasteiger partial charge in [-0.25, -0.2) is 4.57 Å². The van der Waals surface area contributed by atoms with E-state index in [-0.39, 0.29) is 5.78 Å². The van der Waals surface area contributed by atoms with E-state index >= 15 is 0 Å². The molecular weight excluding hydrogens is 207 g/mol. The van der Waals surface area contributed by atoms with Gasteiger partial charge in [-0.2, -0.15) is 0 Å². The maximum absolute atomic E-state index is 11.3. The number of allylic oxidation sites excluding steroid dienone is 3. The van der Waals surface area contributed by atoms with Gasteiger partial charge < -0.3 is 9.79 Å². The minimum Gasteiger partial charge on any atom is -0.303 e. The van der Waals surface area contributed by atoms with E-state index in [1.807, 2.05) is 6.08 Å². The van der Waals surface area contributed by atoms with E-state index in [1.165, 1.54) is 0 Å². The van der Waals surface area contributed by atoms with Crippen molar-refractivity contribution in [1.82, 2.24) is 0 Å². The van der Waals surface area contributed by atoms with Crippen LogP contribution in [0.25, 0.3) is 0 Å². The van der Waals surface area contributed by atoms with Gasteiger partial charge in [0.25, 0.3) is 0 Å². The van der Waals surface area contributed by atoms with Crippen LogP contribution in [-0.4, -0.2) is 22.2 Å². The molecule has 0 spiro atoms. The van der Waals surface area contributed by atoms with Crippen molar-refractivity contribution in [2.75, 3.05) is 6.61 Å². The average molecular weight is 218 g/mol. The first-order valence-corrected chi connectivity index (χ1v) is 5.61. The Bertz CT molecular complexity index is 325. The molecule has 0 radical (unpaired) electrons. The van der Waals surface area contributed by atoms with Gasteiger partial charge >= 0.3 is 7.82 Å². The van der Waals surface area contributed by atoms with Crippen LogP contribution in [0.1, 0.15) is 12.8 Å². The number of carbonyl (C=O) groups excluding carboxylic acids is 1. The largest absolute Gasteiger partial charge is 0.470 e. The molecule has 0 unspecified atom stereocenters. The molecule has 5 nitrogen and oxygen atoms in total. The number of ketones is 1. The van der Waals surface area contributed by atoms with Crippen molar-refractivity contribution in [2.24, 2.45) is 0 Å². The summed E-state index contributed by atoms with van der Waals surface area (Å²) in [6.45, 7) is -0.566. The second-order valence-corrected chi connectivity index (χ2v) is 4.09. The first-order valence-electron chi connectivity index (χ1n) is 4.08. The number of phosphoric ester groups is 1. The molecule has 1 aliphatic carbocycles. The molecule has 78 valence electrons. The molecule has 0 aromatic carbocycles. The number of Topliss-reactive ketones (excluding diaryl/α,β-unsaturated/α-hetero) is 1. The van der Waals surface area contributed by atoms with Crippen molar-refractivity contribution >= 4 is 13.6 Å². The lowest BCUT2D eigenvalue weighted by Crippen LogP contribution is -2.11. The Hall–Kier alpha value is -0.740. The fourth-order valence-corrected chi connectivity index (χ4v) is 1.36. The van der Waals surface area contributed by atoms with E-state index in [9.17, 15) is 9.36 Å². The molecule has 0 heterocycles. The molecule has 0 amide bonds. The van der Waals surface area contributed by atoms with Gasteiger partial charge in [-0.3, -0.25) is 9.32 Å². The lowest BCUT2D eigenvalue weighted by molar-refractivity contribution is -0.118. The van der Waals surface area contributed by atoms with Crippen molar-refractivity contribution in [3.8, 4) is 0 Å². The Labute approximate surface area is 81.3 Å². The molecule has 0 aromatic rings. The Kier molecular flexibility index (Phi) is 3.77. The molecule has 14 heavy (non-hydrogen) atoms. The number of hydrogen-bond acceptors (Lipinski definition) is 3. The van der Waals surface area contributed by atoms with E-state index < -0.39 is 14.4 Å². The Balaban J connectivity index is 2.46. The van der Waals surface area contributed by atoms with E-state index in [2.05, 4.69) is 4.52 Å². The van der Waals surface area contributed by atoms with Crippen LogP contribution in [0.4, 0.5) is 0 Å². The lowest BCUT2D eigenvalue weighted by Gasteiger charge is -2.08. The average Bonchev–Trinajstić information content (AvgIpc) is 2.14. The second kappa shape index (κ2) is 4.66. The van der Waals surface area contributed by atoms with Crippen molar-refractivity contribution in [1.29, 1.82) is 0 Å². The third kappa shape index (κ3) is 3.98. The van der Waals surface area contributed by atoms with Crippen LogP contribution in [0.3, 0.4) is 0 Å². The molecule has 2 N–H and O–H groups in total. The summed E-state index contributed by atoms with van der Waals surface area (Å²) in [5, 5.41) is 0. The number of hydrogen-bond donors (Lipinski definition) is 2. The van der Waals surface area contributed by atoms with Gasteiger partial charge in [0.1, 0.15) is 6.61 Å². The van der Waals surface area contributed by atoms with E-state index in [0.717, 1.165) is 6.42 Å². The molecule has 1 rings (SSSR count). The summed E-state index contributed by atoms with van der Waals surface area (Å²) < 4.78 is 14.4. The SMILES string of the molecule is O=C(COP(=O)(O)O)C1=CC=CCC1. The predicted octanol–water partition coefficient (Wildman–Crippen LogP) is 0.941. The van der Waals surface area contributed by atoms with Crippen LogP contribution in [0.5, 0.6) is 0 Å². The van der Waals surface area contributed by atoms with E-state index in [1.54, 1.807) is 12.2 Å². The van der Waals surface area contributed by atoms with Crippen LogP contribution in [0.15, 0.2) is 23.8 Å². The molecular formula is C8H11O5P. The van der Waals surface area contributed by atoms with Gasteiger partial charge in [0.2, 0.25) is 0 Å². The number of carbonyl (C=O) groups is 1. The summed E-state index contributed by atoms with van der Waals surface area (Å²) in [7, 11) is -4.54. The summed E-state index contributed by atoms with van der Waals surface area (Å²) in [5.74, 6) is -0.377. The summed E-state index contributed by atoms with van der Waals surface area (Å²) >= 11 is 0. The topological polar surface area (TPSA) is 83.8 Å².